The summed E-state index contributed by atoms with van der Waals surface area (Å²) in [6.07, 6.45) is 13.7. The van der Waals surface area contributed by atoms with Crippen molar-refractivity contribution in [2.24, 2.45) is 11.8 Å². The van der Waals surface area contributed by atoms with Gasteiger partial charge in [-0.05, 0) is 56.4 Å². The molecular weight excluding hydrogens is 300 g/mol. The Bertz CT molecular complexity index is 533. The van der Waals surface area contributed by atoms with Crippen molar-refractivity contribution in [2.75, 3.05) is 6.61 Å². The zero-order chi connectivity index (χ0) is 17.2. The molecule has 0 atom stereocenters. The highest BCUT2D eigenvalue weighted by Gasteiger charge is 2.26. The van der Waals surface area contributed by atoms with Gasteiger partial charge in [-0.15, -0.1) is 12.3 Å². The fraction of sp³-hybridized carbons (Fsp3) is 0.571. The lowest BCUT2D eigenvalue weighted by Crippen LogP contribution is -2.25. The van der Waals surface area contributed by atoms with Gasteiger partial charge in [-0.1, -0.05) is 26.2 Å². The second-order valence-corrected chi connectivity index (χ2v) is 6.52. The van der Waals surface area contributed by atoms with Crippen LogP contribution in [0.25, 0.3) is 0 Å². The molecule has 130 valence electrons. The predicted octanol–water partition coefficient (Wildman–Crippen LogP) is 4.99. The molecule has 1 aliphatic rings. The monoisotopic (exact) mass is 328 g/mol. The van der Waals surface area contributed by atoms with Crippen LogP contribution in [0.3, 0.4) is 0 Å². The maximum atomic E-state index is 12.2. The molecule has 0 heterocycles. The van der Waals surface area contributed by atoms with Crippen LogP contribution in [-0.2, 0) is 4.79 Å². The fourth-order valence-electron chi connectivity index (χ4n) is 3.02. The van der Waals surface area contributed by atoms with Gasteiger partial charge >= 0.3 is 5.97 Å². The van der Waals surface area contributed by atoms with E-state index < -0.39 is 0 Å². The van der Waals surface area contributed by atoms with Gasteiger partial charge in [0.2, 0.25) is 0 Å². The van der Waals surface area contributed by atoms with Gasteiger partial charge in [0, 0.05) is 5.92 Å². The Morgan fingerprint density at radius 2 is 1.75 bits per heavy atom. The van der Waals surface area contributed by atoms with Crippen molar-refractivity contribution in [1.82, 2.24) is 0 Å². The van der Waals surface area contributed by atoms with Crippen LogP contribution in [0, 0.1) is 24.2 Å². The number of hydrogen-bond donors (Lipinski definition) is 0. The first-order chi connectivity index (χ1) is 11.7. The average Bonchev–Trinajstić information content (AvgIpc) is 2.63. The van der Waals surface area contributed by atoms with Gasteiger partial charge < -0.3 is 9.47 Å². The van der Waals surface area contributed by atoms with Crippen molar-refractivity contribution in [3.63, 3.8) is 0 Å². The quantitative estimate of drug-likeness (QED) is 0.292. The fourth-order valence-corrected chi connectivity index (χ4v) is 3.02. The molecule has 1 saturated carbocycles. The van der Waals surface area contributed by atoms with Gasteiger partial charge in [-0.25, -0.2) is 0 Å². The zero-order valence-corrected chi connectivity index (χ0v) is 14.6. The molecular formula is C21H28O3. The molecule has 0 aliphatic heterocycles. The lowest BCUT2D eigenvalue weighted by molar-refractivity contribution is -0.140. The minimum atomic E-state index is -0.140. The minimum Gasteiger partial charge on any atom is -0.494 e. The smallest absolute Gasteiger partial charge is 0.314 e. The molecule has 3 nitrogen and oxygen atoms in total. The van der Waals surface area contributed by atoms with E-state index in [0.717, 1.165) is 44.5 Å². The molecule has 3 heteroatoms. The molecule has 1 fully saturated rings. The maximum Gasteiger partial charge on any atom is 0.314 e. The van der Waals surface area contributed by atoms with E-state index in [9.17, 15) is 4.79 Å². The summed E-state index contributed by atoms with van der Waals surface area (Å²) in [5.41, 5.74) is 0. The van der Waals surface area contributed by atoms with Gasteiger partial charge in [-0.3, -0.25) is 4.79 Å². The number of benzene rings is 1. The normalized spacial score (nSPS) is 20.2. The number of hydrogen-bond acceptors (Lipinski definition) is 3. The zero-order valence-electron chi connectivity index (χ0n) is 14.6. The van der Waals surface area contributed by atoms with Crippen LogP contribution in [-0.4, -0.2) is 12.6 Å². The molecule has 0 amide bonds. The van der Waals surface area contributed by atoms with Crippen molar-refractivity contribution < 1.29 is 14.3 Å². The first-order valence-electron chi connectivity index (χ1n) is 9.13. The summed E-state index contributed by atoms with van der Waals surface area (Å²) in [7, 11) is 0. The van der Waals surface area contributed by atoms with Crippen LogP contribution in [0.15, 0.2) is 24.3 Å². The molecule has 1 aromatic rings. The Balaban J connectivity index is 1.73. The number of rotatable bonds is 8. The summed E-state index contributed by atoms with van der Waals surface area (Å²) < 4.78 is 11.2. The number of terminal acetylenes is 1. The Morgan fingerprint density at radius 3 is 2.38 bits per heavy atom. The minimum absolute atomic E-state index is 0.0240. The van der Waals surface area contributed by atoms with E-state index in [0.29, 0.717) is 11.7 Å². The van der Waals surface area contributed by atoms with Gasteiger partial charge in [0.15, 0.2) is 0 Å². The van der Waals surface area contributed by atoms with Gasteiger partial charge in [-0.2, -0.15) is 0 Å². The Labute approximate surface area is 145 Å². The number of carbonyl (C=O) groups is 1. The third kappa shape index (κ3) is 5.92. The van der Waals surface area contributed by atoms with E-state index in [2.05, 4.69) is 12.8 Å². The molecule has 24 heavy (non-hydrogen) atoms. The molecule has 0 unspecified atom stereocenters. The van der Waals surface area contributed by atoms with Gasteiger partial charge in [0.1, 0.15) is 11.5 Å². The topological polar surface area (TPSA) is 35.5 Å². The van der Waals surface area contributed by atoms with Crippen LogP contribution in [0.4, 0.5) is 0 Å². The molecule has 0 spiro atoms. The maximum absolute atomic E-state index is 12.2. The van der Waals surface area contributed by atoms with Crippen LogP contribution in [0.1, 0.15) is 58.3 Å². The van der Waals surface area contributed by atoms with Crippen molar-refractivity contribution in [1.29, 1.82) is 0 Å². The predicted molar refractivity (Wildman–Crippen MR) is 96.0 cm³/mol. The summed E-state index contributed by atoms with van der Waals surface area (Å²) in [4.78, 5) is 12.2. The van der Waals surface area contributed by atoms with Crippen molar-refractivity contribution in [2.45, 2.75) is 58.3 Å². The number of ether oxygens (including phenoxy) is 2. The largest absolute Gasteiger partial charge is 0.494 e. The number of carbonyl (C=O) groups excluding carboxylic acids is 1. The van der Waals surface area contributed by atoms with Crippen molar-refractivity contribution in [3.8, 4) is 23.8 Å². The standard InChI is InChI=1S/C21H28O3/c1-3-5-6-7-16-23-19-12-14-20(15-13-19)24-21(22)18-10-8-17(4-2)9-11-18/h2,12-15,17-18H,3,5-11,16H2,1H3. The van der Waals surface area contributed by atoms with E-state index in [1.807, 2.05) is 12.1 Å². The molecule has 0 bridgehead atoms. The third-order valence-corrected chi connectivity index (χ3v) is 4.61. The van der Waals surface area contributed by atoms with Crippen molar-refractivity contribution in [3.05, 3.63) is 24.3 Å². The summed E-state index contributed by atoms with van der Waals surface area (Å²) in [6, 6.07) is 7.31. The van der Waals surface area contributed by atoms with Crippen LogP contribution in [0.2, 0.25) is 0 Å². The van der Waals surface area contributed by atoms with E-state index >= 15 is 0 Å². The van der Waals surface area contributed by atoms with E-state index in [1.165, 1.54) is 19.3 Å². The first-order valence-corrected chi connectivity index (χ1v) is 9.13. The van der Waals surface area contributed by atoms with Gasteiger partial charge in [0.25, 0.3) is 0 Å². The average molecular weight is 328 g/mol. The van der Waals surface area contributed by atoms with E-state index in [4.69, 9.17) is 15.9 Å². The molecule has 0 radical (unpaired) electrons. The summed E-state index contributed by atoms with van der Waals surface area (Å²) >= 11 is 0. The second kappa shape index (κ2) is 10.0. The van der Waals surface area contributed by atoms with Crippen LogP contribution in [0.5, 0.6) is 11.5 Å². The SMILES string of the molecule is C#CC1CCC(C(=O)Oc2ccc(OCCCCCC)cc2)CC1. The first kappa shape index (κ1) is 18.4. The summed E-state index contributed by atoms with van der Waals surface area (Å²) in [5, 5.41) is 0. The number of esters is 1. The second-order valence-electron chi connectivity index (χ2n) is 6.52. The molecule has 1 aromatic carbocycles. The van der Waals surface area contributed by atoms with Crippen LogP contribution < -0.4 is 9.47 Å². The molecule has 2 rings (SSSR count). The van der Waals surface area contributed by atoms with Crippen molar-refractivity contribution >= 4 is 5.97 Å². The third-order valence-electron chi connectivity index (χ3n) is 4.61. The Hall–Kier alpha value is -1.95. The molecule has 0 aromatic heterocycles. The molecule has 1 aliphatic carbocycles. The molecule has 0 saturated heterocycles. The summed E-state index contributed by atoms with van der Waals surface area (Å²) in [6.45, 7) is 2.93. The van der Waals surface area contributed by atoms with E-state index in [1.54, 1.807) is 12.1 Å². The molecule has 0 N–H and O–H groups in total. The van der Waals surface area contributed by atoms with Gasteiger partial charge in [0.05, 0.1) is 12.5 Å². The lowest BCUT2D eigenvalue weighted by atomic mass is 9.82. The summed E-state index contributed by atoms with van der Waals surface area (Å²) in [5.74, 6) is 4.34. The highest BCUT2D eigenvalue weighted by molar-refractivity contribution is 5.75. The highest BCUT2D eigenvalue weighted by atomic mass is 16.5. The highest BCUT2D eigenvalue weighted by Crippen LogP contribution is 2.29. The van der Waals surface area contributed by atoms with E-state index in [-0.39, 0.29) is 11.9 Å². The Morgan fingerprint density at radius 1 is 1.08 bits per heavy atom. The Kier molecular flexibility index (Phi) is 7.68. The lowest BCUT2D eigenvalue weighted by Gasteiger charge is -2.23. The van der Waals surface area contributed by atoms with Crippen LogP contribution >= 0.6 is 0 Å². The number of unbranched alkanes of at least 4 members (excludes halogenated alkanes) is 3.